The molecule has 38 heavy (non-hydrogen) atoms. The first kappa shape index (κ1) is 26.9. The molecule has 1 N–H and O–H groups in total. The van der Waals surface area contributed by atoms with Crippen molar-refractivity contribution in [2.45, 2.75) is 9.79 Å². The molecule has 2 saturated heterocycles. The van der Waals surface area contributed by atoms with Crippen molar-refractivity contribution in [1.29, 1.82) is 0 Å². The molecule has 2 amide bonds. The number of para-hydroxylation sites is 1. The number of rotatable bonds is 8. The number of nitrogens with zero attached hydrogens (tertiary/aromatic N) is 4. The highest BCUT2D eigenvalue weighted by Gasteiger charge is 2.31. The van der Waals surface area contributed by atoms with Crippen LogP contribution in [0.5, 0.6) is 0 Å². The number of carbonyl (C=O) groups excluding carboxylic acids is 2. The third kappa shape index (κ3) is 6.15. The summed E-state index contributed by atoms with van der Waals surface area (Å²) in [7, 11) is -3.72. The molecule has 204 valence electrons. The molecule has 3 aliphatic rings. The van der Waals surface area contributed by atoms with Crippen LogP contribution < -0.4 is 15.1 Å². The van der Waals surface area contributed by atoms with Crippen LogP contribution in [0.3, 0.4) is 0 Å². The first-order valence-corrected chi connectivity index (χ1v) is 15.3. The number of piperazine rings is 1. The molecule has 0 aliphatic carbocycles. The maximum atomic E-state index is 13.1. The molecule has 0 radical (unpaired) electrons. The van der Waals surface area contributed by atoms with Crippen LogP contribution in [0.4, 0.5) is 11.4 Å². The van der Waals surface area contributed by atoms with Crippen LogP contribution in [0.25, 0.3) is 0 Å². The summed E-state index contributed by atoms with van der Waals surface area (Å²) in [6.45, 7) is 6.07. The Morgan fingerprint density at radius 1 is 0.974 bits per heavy atom. The van der Waals surface area contributed by atoms with Crippen LogP contribution in [0.15, 0.2) is 58.3 Å². The highest BCUT2D eigenvalue weighted by molar-refractivity contribution is 8.00. The van der Waals surface area contributed by atoms with Crippen LogP contribution in [0.2, 0.25) is 0 Å². The van der Waals surface area contributed by atoms with Crippen molar-refractivity contribution in [3.8, 4) is 0 Å². The molecule has 2 aromatic rings. The van der Waals surface area contributed by atoms with E-state index in [9.17, 15) is 18.0 Å². The van der Waals surface area contributed by atoms with E-state index in [1.807, 2.05) is 18.2 Å². The topological polar surface area (TPSA) is 102 Å². The third-order valence-electron chi connectivity index (χ3n) is 7.03. The van der Waals surface area contributed by atoms with Crippen molar-refractivity contribution < 1.29 is 22.7 Å². The molecule has 0 spiro atoms. The lowest BCUT2D eigenvalue weighted by atomic mass is 10.2. The lowest BCUT2D eigenvalue weighted by molar-refractivity contribution is -0.123. The van der Waals surface area contributed by atoms with Crippen LogP contribution in [0.1, 0.15) is 0 Å². The zero-order chi connectivity index (χ0) is 26.5. The fourth-order valence-corrected chi connectivity index (χ4v) is 7.22. The van der Waals surface area contributed by atoms with E-state index in [4.69, 9.17) is 4.74 Å². The normalized spacial score (nSPS) is 19.3. The van der Waals surface area contributed by atoms with Gasteiger partial charge in [0.2, 0.25) is 21.8 Å². The number of nitrogens with one attached hydrogen (secondary N) is 1. The highest BCUT2D eigenvalue weighted by Crippen LogP contribution is 2.37. The van der Waals surface area contributed by atoms with Gasteiger partial charge in [0.15, 0.2) is 0 Å². The van der Waals surface area contributed by atoms with Gasteiger partial charge in [-0.3, -0.25) is 14.5 Å². The summed E-state index contributed by atoms with van der Waals surface area (Å²) in [4.78, 5) is 32.5. The number of hydrogen-bond donors (Lipinski definition) is 1. The molecule has 2 aromatic carbocycles. The smallest absolute Gasteiger partial charge is 0.243 e. The number of fused-ring (bicyclic) bond motifs is 1. The van der Waals surface area contributed by atoms with Crippen molar-refractivity contribution in [2.24, 2.45) is 0 Å². The maximum absolute atomic E-state index is 13.1. The Bertz CT molecular complexity index is 1250. The summed E-state index contributed by atoms with van der Waals surface area (Å²) in [6, 6.07) is 15.2. The van der Waals surface area contributed by atoms with Crippen molar-refractivity contribution in [2.75, 3.05) is 87.7 Å². The van der Waals surface area contributed by atoms with Crippen LogP contribution >= 0.6 is 11.8 Å². The monoisotopic (exact) mass is 559 g/mol. The van der Waals surface area contributed by atoms with Gasteiger partial charge < -0.3 is 19.9 Å². The summed E-state index contributed by atoms with van der Waals surface area (Å²) in [5, 5.41) is 2.93. The Labute approximate surface area is 227 Å². The van der Waals surface area contributed by atoms with E-state index in [1.54, 1.807) is 12.1 Å². The first-order chi connectivity index (χ1) is 18.4. The fourth-order valence-electron chi connectivity index (χ4n) is 4.87. The van der Waals surface area contributed by atoms with E-state index in [1.165, 1.54) is 32.7 Å². The fraction of sp³-hybridized carbons (Fsp3) is 0.462. The quantitative estimate of drug-likeness (QED) is 0.513. The molecule has 3 heterocycles. The average molecular weight is 560 g/mol. The number of thioether (sulfide) groups is 1. The predicted molar refractivity (Wildman–Crippen MR) is 147 cm³/mol. The van der Waals surface area contributed by atoms with Crippen LogP contribution in [-0.2, 0) is 24.3 Å². The molecule has 2 fully saturated rings. The molecule has 0 atom stereocenters. The number of anilines is 2. The van der Waals surface area contributed by atoms with Gasteiger partial charge in [0.05, 0.1) is 29.5 Å². The second-order valence-corrected chi connectivity index (χ2v) is 12.4. The summed E-state index contributed by atoms with van der Waals surface area (Å²) in [5.41, 5.74) is 1.69. The number of morpholine rings is 1. The Balaban J connectivity index is 1.16. The van der Waals surface area contributed by atoms with Gasteiger partial charge in [-0.1, -0.05) is 18.2 Å². The summed E-state index contributed by atoms with van der Waals surface area (Å²) in [6.07, 6.45) is 0. The van der Waals surface area contributed by atoms with Crippen molar-refractivity contribution in [1.82, 2.24) is 14.5 Å². The number of hydrogen-bond acceptors (Lipinski definition) is 8. The van der Waals surface area contributed by atoms with Crippen LogP contribution in [-0.4, -0.2) is 107 Å². The van der Waals surface area contributed by atoms with Gasteiger partial charge in [0.1, 0.15) is 6.54 Å². The molecule has 5 rings (SSSR count). The minimum Gasteiger partial charge on any atom is -0.379 e. The molecular formula is C26H33N5O5S2. The van der Waals surface area contributed by atoms with E-state index in [2.05, 4.69) is 27.2 Å². The van der Waals surface area contributed by atoms with Gasteiger partial charge in [-0.2, -0.15) is 4.31 Å². The standard InChI is InChI=1S/C26H33N5O5S2/c32-25(27-8-9-28-10-12-29(13-11-28)21-4-2-1-3-5-21)19-31-23-18-22(6-7-24(23)37-20-26(31)33)38(34,35)30-14-16-36-17-15-30/h1-7,18H,8-17,19-20H2,(H,27,32). The Morgan fingerprint density at radius 3 is 2.45 bits per heavy atom. The molecule has 0 bridgehead atoms. The van der Waals surface area contributed by atoms with Crippen molar-refractivity contribution >= 4 is 45.0 Å². The van der Waals surface area contributed by atoms with Crippen molar-refractivity contribution in [3.63, 3.8) is 0 Å². The lowest BCUT2D eigenvalue weighted by Gasteiger charge is -2.36. The van der Waals surface area contributed by atoms with E-state index >= 15 is 0 Å². The van der Waals surface area contributed by atoms with Gasteiger partial charge in [0.25, 0.3) is 0 Å². The molecule has 0 saturated carbocycles. The maximum Gasteiger partial charge on any atom is 0.243 e. The lowest BCUT2D eigenvalue weighted by Crippen LogP contribution is -2.49. The number of sulfonamides is 1. The second kappa shape index (κ2) is 12.0. The summed E-state index contributed by atoms with van der Waals surface area (Å²) in [5.74, 6) is -0.266. The van der Waals surface area contributed by atoms with Gasteiger partial charge in [-0.15, -0.1) is 11.8 Å². The van der Waals surface area contributed by atoms with E-state index < -0.39 is 10.0 Å². The molecular weight excluding hydrogens is 526 g/mol. The molecule has 0 aromatic heterocycles. The van der Waals surface area contributed by atoms with Gasteiger partial charge in [-0.25, -0.2) is 8.42 Å². The number of ether oxygens (including phenoxy) is 1. The van der Waals surface area contributed by atoms with E-state index in [0.29, 0.717) is 38.5 Å². The summed E-state index contributed by atoms with van der Waals surface area (Å²) >= 11 is 1.36. The van der Waals surface area contributed by atoms with E-state index in [0.717, 1.165) is 37.6 Å². The zero-order valence-corrected chi connectivity index (χ0v) is 22.9. The average Bonchev–Trinajstić information content (AvgIpc) is 2.95. The molecule has 10 nitrogen and oxygen atoms in total. The molecule has 0 unspecified atom stereocenters. The SMILES string of the molecule is O=C(CN1C(=O)CSc2ccc(S(=O)(=O)N3CCOCC3)cc21)NCCN1CCN(c2ccccc2)CC1. The van der Waals surface area contributed by atoms with Gasteiger partial charge in [0, 0.05) is 62.9 Å². The van der Waals surface area contributed by atoms with Gasteiger partial charge in [-0.05, 0) is 30.3 Å². The molecule has 12 heteroatoms. The Morgan fingerprint density at radius 2 is 1.71 bits per heavy atom. The largest absolute Gasteiger partial charge is 0.379 e. The second-order valence-electron chi connectivity index (χ2n) is 9.43. The number of carbonyl (C=O) groups is 2. The van der Waals surface area contributed by atoms with Crippen molar-refractivity contribution in [3.05, 3.63) is 48.5 Å². The number of benzene rings is 2. The van der Waals surface area contributed by atoms with Crippen LogP contribution in [0, 0.1) is 0 Å². The third-order valence-corrected chi connectivity index (χ3v) is 9.97. The number of amides is 2. The van der Waals surface area contributed by atoms with E-state index in [-0.39, 0.29) is 29.0 Å². The Kier molecular flexibility index (Phi) is 8.54. The minimum absolute atomic E-state index is 0.119. The molecule has 3 aliphatic heterocycles. The minimum atomic E-state index is -3.72. The van der Waals surface area contributed by atoms with Gasteiger partial charge >= 0.3 is 0 Å². The predicted octanol–water partition coefficient (Wildman–Crippen LogP) is 1.08. The Hall–Kier alpha value is -2.64. The highest BCUT2D eigenvalue weighted by atomic mass is 32.2. The zero-order valence-electron chi connectivity index (χ0n) is 21.3. The first-order valence-electron chi connectivity index (χ1n) is 12.9. The summed E-state index contributed by atoms with van der Waals surface area (Å²) < 4.78 is 33.0.